The van der Waals surface area contributed by atoms with E-state index in [1.807, 2.05) is 31.0 Å². The van der Waals surface area contributed by atoms with Crippen molar-refractivity contribution in [1.82, 2.24) is 29.1 Å². The van der Waals surface area contributed by atoms with Crippen LogP contribution in [0.2, 0.25) is 0 Å². The van der Waals surface area contributed by atoms with Crippen LogP contribution >= 0.6 is 0 Å². The summed E-state index contributed by atoms with van der Waals surface area (Å²) >= 11 is 0. The second kappa shape index (κ2) is 5.95. The summed E-state index contributed by atoms with van der Waals surface area (Å²) in [4.78, 5) is 16.5. The van der Waals surface area contributed by atoms with Crippen molar-refractivity contribution >= 4 is 22.1 Å². The molecule has 0 bridgehead atoms. The van der Waals surface area contributed by atoms with Crippen LogP contribution in [0, 0.1) is 0 Å². The summed E-state index contributed by atoms with van der Waals surface area (Å²) in [6.45, 7) is 1.79. The van der Waals surface area contributed by atoms with Crippen LogP contribution in [0.4, 0.5) is 0 Å². The van der Waals surface area contributed by atoms with Gasteiger partial charge in [0.15, 0.2) is 0 Å². The molecule has 0 aromatic carbocycles. The van der Waals surface area contributed by atoms with E-state index >= 15 is 0 Å². The monoisotopic (exact) mass is 350 g/mol. The van der Waals surface area contributed by atoms with Gasteiger partial charge in [-0.15, -0.1) is 0 Å². The van der Waals surface area contributed by atoms with Crippen molar-refractivity contribution in [1.29, 1.82) is 0 Å². The third-order valence-electron chi connectivity index (χ3n) is 5.61. The molecule has 2 N–H and O–H groups in total. The molecule has 1 saturated carbocycles. The van der Waals surface area contributed by atoms with Crippen LogP contribution in [0.1, 0.15) is 56.6 Å². The number of aromatic nitrogens is 6. The largest absolute Gasteiger partial charge is 0.385 e. The Balaban J connectivity index is 1.57. The van der Waals surface area contributed by atoms with Crippen molar-refractivity contribution in [2.75, 3.05) is 0 Å². The van der Waals surface area contributed by atoms with E-state index in [2.05, 4.69) is 24.1 Å². The summed E-state index contributed by atoms with van der Waals surface area (Å²) in [5.74, 6) is 0.738. The molecule has 26 heavy (non-hydrogen) atoms. The van der Waals surface area contributed by atoms with Crippen LogP contribution in [-0.2, 0) is 0 Å². The second-order valence-corrected chi connectivity index (χ2v) is 7.22. The van der Waals surface area contributed by atoms with Gasteiger partial charge in [-0.3, -0.25) is 0 Å². The minimum Gasteiger partial charge on any atom is -0.385 e. The van der Waals surface area contributed by atoms with Crippen molar-refractivity contribution in [2.24, 2.45) is 0 Å². The fraction of sp³-hybridized carbons (Fsp3) is 0.421. The lowest BCUT2D eigenvalue weighted by molar-refractivity contribution is 0.175. The van der Waals surface area contributed by atoms with Crippen molar-refractivity contribution in [3.05, 3.63) is 43.0 Å². The average molecular weight is 350 g/mol. The standard InChI is InChI=1S/C19H22N6O/c1-12(26)19-23-16-10-22-18-15(6-7-21-18)17(16)25(19)14-4-2-13(3-5-14)24-9-8-20-11-24/h6-14,26H,2-5H2,1H3,(H,21,22)/t12-,13-,14-/m1/s1. The Hall–Kier alpha value is -2.67. The third-order valence-corrected chi connectivity index (χ3v) is 5.61. The number of imidazole rings is 2. The number of pyridine rings is 1. The van der Waals surface area contributed by atoms with E-state index in [1.165, 1.54) is 0 Å². The average Bonchev–Trinajstić information content (AvgIpc) is 3.39. The molecule has 4 aromatic rings. The molecule has 134 valence electrons. The van der Waals surface area contributed by atoms with Gasteiger partial charge in [0.1, 0.15) is 23.1 Å². The van der Waals surface area contributed by atoms with Gasteiger partial charge in [0.05, 0.1) is 18.0 Å². The summed E-state index contributed by atoms with van der Waals surface area (Å²) in [6.07, 6.45) is 13.2. The van der Waals surface area contributed by atoms with Gasteiger partial charge in [0, 0.05) is 36.1 Å². The summed E-state index contributed by atoms with van der Waals surface area (Å²) in [5.41, 5.74) is 2.80. The van der Waals surface area contributed by atoms with Gasteiger partial charge in [-0.1, -0.05) is 0 Å². The van der Waals surface area contributed by atoms with Gasteiger partial charge in [-0.25, -0.2) is 15.0 Å². The number of aliphatic hydroxyl groups excluding tert-OH is 1. The van der Waals surface area contributed by atoms with Crippen LogP contribution in [0.3, 0.4) is 0 Å². The number of rotatable bonds is 3. The topological polar surface area (TPSA) is 84.5 Å². The molecule has 0 saturated heterocycles. The van der Waals surface area contributed by atoms with Crippen LogP contribution in [0.25, 0.3) is 22.1 Å². The Morgan fingerprint density at radius 2 is 2.04 bits per heavy atom. The van der Waals surface area contributed by atoms with Gasteiger partial charge in [0.25, 0.3) is 0 Å². The van der Waals surface area contributed by atoms with Gasteiger partial charge in [0.2, 0.25) is 0 Å². The van der Waals surface area contributed by atoms with E-state index in [0.717, 1.165) is 53.6 Å². The Morgan fingerprint density at radius 1 is 1.23 bits per heavy atom. The normalized spacial score (nSPS) is 22.2. The number of nitrogens with one attached hydrogen (secondary N) is 1. The van der Waals surface area contributed by atoms with Gasteiger partial charge < -0.3 is 19.2 Å². The lowest BCUT2D eigenvalue weighted by Gasteiger charge is -2.31. The predicted molar refractivity (Wildman–Crippen MR) is 98.8 cm³/mol. The first-order valence-electron chi connectivity index (χ1n) is 9.22. The third kappa shape index (κ3) is 2.34. The molecule has 1 atom stereocenters. The van der Waals surface area contributed by atoms with Gasteiger partial charge in [-0.2, -0.15) is 0 Å². The van der Waals surface area contributed by atoms with Crippen molar-refractivity contribution in [2.45, 2.75) is 50.8 Å². The zero-order chi connectivity index (χ0) is 17.7. The maximum absolute atomic E-state index is 10.3. The number of fused-ring (bicyclic) bond motifs is 3. The highest BCUT2D eigenvalue weighted by Crippen LogP contribution is 2.39. The first-order chi connectivity index (χ1) is 12.7. The summed E-state index contributed by atoms with van der Waals surface area (Å²) < 4.78 is 4.48. The Morgan fingerprint density at radius 3 is 2.77 bits per heavy atom. The van der Waals surface area contributed by atoms with Gasteiger partial charge >= 0.3 is 0 Å². The molecule has 7 heteroatoms. The Labute approximate surface area is 150 Å². The molecule has 7 nitrogen and oxygen atoms in total. The number of nitrogens with zero attached hydrogens (tertiary/aromatic N) is 5. The minimum absolute atomic E-state index is 0.338. The molecule has 4 aromatic heterocycles. The molecule has 1 fully saturated rings. The van der Waals surface area contributed by atoms with E-state index in [-0.39, 0.29) is 0 Å². The first kappa shape index (κ1) is 15.6. The molecule has 0 aliphatic heterocycles. The number of hydrogen-bond acceptors (Lipinski definition) is 4. The molecule has 1 aliphatic carbocycles. The summed E-state index contributed by atoms with van der Waals surface area (Å²) in [6, 6.07) is 2.89. The Bertz CT molecular complexity index is 1040. The van der Waals surface area contributed by atoms with Crippen LogP contribution in [-0.4, -0.2) is 34.2 Å². The fourth-order valence-corrected chi connectivity index (χ4v) is 4.37. The Kier molecular flexibility index (Phi) is 3.56. The summed E-state index contributed by atoms with van der Waals surface area (Å²) in [7, 11) is 0. The zero-order valence-corrected chi connectivity index (χ0v) is 14.7. The quantitative estimate of drug-likeness (QED) is 0.592. The highest BCUT2D eigenvalue weighted by atomic mass is 16.3. The molecule has 1 aliphatic rings. The lowest BCUT2D eigenvalue weighted by Crippen LogP contribution is -2.22. The highest BCUT2D eigenvalue weighted by Gasteiger charge is 2.28. The van der Waals surface area contributed by atoms with Crippen molar-refractivity contribution in [3.63, 3.8) is 0 Å². The van der Waals surface area contributed by atoms with E-state index in [0.29, 0.717) is 12.1 Å². The molecule has 5 rings (SSSR count). The number of hydrogen-bond donors (Lipinski definition) is 2. The van der Waals surface area contributed by atoms with Gasteiger partial charge in [-0.05, 0) is 38.7 Å². The maximum atomic E-state index is 10.3. The molecule has 0 radical (unpaired) electrons. The zero-order valence-electron chi connectivity index (χ0n) is 14.7. The smallest absolute Gasteiger partial charge is 0.139 e. The molecule has 0 amide bonds. The fourth-order valence-electron chi connectivity index (χ4n) is 4.37. The maximum Gasteiger partial charge on any atom is 0.139 e. The van der Waals surface area contributed by atoms with Crippen molar-refractivity contribution in [3.8, 4) is 0 Å². The molecule has 0 spiro atoms. The van der Waals surface area contributed by atoms with E-state index in [9.17, 15) is 5.11 Å². The van der Waals surface area contributed by atoms with E-state index in [1.54, 1.807) is 13.1 Å². The second-order valence-electron chi connectivity index (χ2n) is 7.22. The SMILES string of the molecule is C[C@@H](O)c1nc2cnc3[nH]ccc3c2n1[C@H]1CC[C@H](n2ccnc2)CC1. The number of aliphatic hydroxyl groups is 1. The lowest BCUT2D eigenvalue weighted by atomic mass is 9.90. The minimum atomic E-state index is -0.609. The van der Waals surface area contributed by atoms with E-state index in [4.69, 9.17) is 4.98 Å². The highest BCUT2D eigenvalue weighted by molar-refractivity contribution is 6.01. The first-order valence-corrected chi connectivity index (χ1v) is 9.22. The molecular weight excluding hydrogens is 328 g/mol. The molecule has 4 heterocycles. The molecule has 0 unspecified atom stereocenters. The molecular formula is C19H22N6O. The van der Waals surface area contributed by atoms with Crippen molar-refractivity contribution < 1.29 is 5.11 Å². The number of aromatic amines is 1. The number of H-pyrrole nitrogens is 1. The van der Waals surface area contributed by atoms with E-state index < -0.39 is 6.10 Å². The van der Waals surface area contributed by atoms with Crippen LogP contribution in [0.15, 0.2) is 37.2 Å². The van der Waals surface area contributed by atoms with Crippen LogP contribution < -0.4 is 0 Å². The van der Waals surface area contributed by atoms with Crippen LogP contribution in [0.5, 0.6) is 0 Å². The summed E-state index contributed by atoms with van der Waals surface area (Å²) in [5, 5.41) is 11.4. The predicted octanol–water partition coefficient (Wildman–Crippen LogP) is 3.52.